The van der Waals surface area contributed by atoms with Gasteiger partial charge in [-0.1, -0.05) is 0 Å². The molecule has 0 fully saturated rings. The van der Waals surface area contributed by atoms with E-state index in [-0.39, 0.29) is 18.0 Å². The van der Waals surface area contributed by atoms with Crippen LogP contribution in [0.1, 0.15) is 13.8 Å². The molecule has 0 spiro atoms. The number of nitrogens with one attached hydrogen (secondary N) is 1. The predicted octanol–water partition coefficient (Wildman–Crippen LogP) is 1.78. The van der Waals surface area contributed by atoms with Gasteiger partial charge < -0.3 is 9.84 Å². The van der Waals surface area contributed by atoms with E-state index in [0.717, 1.165) is 6.07 Å². The van der Waals surface area contributed by atoms with Crippen LogP contribution < -0.4 is 10.2 Å². The first-order valence-corrected chi connectivity index (χ1v) is 4.47. The molecule has 1 aromatic carbocycles. The van der Waals surface area contributed by atoms with Crippen molar-refractivity contribution >= 4 is 5.69 Å². The molecule has 0 aliphatic heterocycles. The monoisotopic (exact) mass is 215 g/mol. The normalized spacial score (nSPS) is 11.3. The van der Waals surface area contributed by atoms with Crippen molar-refractivity contribution in [2.45, 2.75) is 19.4 Å². The first-order valence-electron chi connectivity index (χ1n) is 4.47. The third-order valence-electron chi connectivity index (χ3n) is 1.65. The summed E-state index contributed by atoms with van der Waals surface area (Å²) in [5.41, 5.74) is 1.12. The third kappa shape index (κ3) is 3.73. The molecule has 1 aromatic rings. The summed E-state index contributed by atoms with van der Waals surface area (Å²) in [5, 5.41) is 18.1. The summed E-state index contributed by atoms with van der Waals surface area (Å²) in [6.45, 7) is 3.14. The molecule has 5 heteroatoms. The number of ether oxygens (including phenoxy) is 1. The molecule has 3 N–H and O–H groups in total. The van der Waals surface area contributed by atoms with Crippen molar-refractivity contribution in [3.63, 3.8) is 0 Å². The van der Waals surface area contributed by atoms with Crippen molar-refractivity contribution in [3.8, 4) is 5.75 Å². The van der Waals surface area contributed by atoms with E-state index < -0.39 is 11.4 Å². The van der Waals surface area contributed by atoms with Crippen LogP contribution in [0.4, 0.5) is 10.1 Å². The lowest BCUT2D eigenvalue weighted by Crippen LogP contribution is -2.28. The molecule has 0 heterocycles. The lowest BCUT2D eigenvalue weighted by Gasteiger charge is -2.19. The summed E-state index contributed by atoms with van der Waals surface area (Å²) >= 11 is 0. The lowest BCUT2D eigenvalue weighted by molar-refractivity contribution is 0.0285. The van der Waals surface area contributed by atoms with Gasteiger partial charge in [0, 0.05) is 6.07 Å². The van der Waals surface area contributed by atoms with Crippen molar-refractivity contribution in [1.29, 1.82) is 0 Å². The minimum absolute atomic E-state index is 0.00509. The highest BCUT2D eigenvalue weighted by Crippen LogP contribution is 2.25. The van der Waals surface area contributed by atoms with E-state index in [0.29, 0.717) is 0 Å². The molecule has 0 aliphatic rings. The molecule has 0 amide bonds. The molecule has 0 saturated carbocycles. The summed E-state index contributed by atoms with van der Waals surface area (Å²) in [5.74, 6) is -0.320. The number of hydrogen-bond donors (Lipinski definition) is 3. The van der Waals surface area contributed by atoms with Crippen LogP contribution >= 0.6 is 0 Å². The van der Waals surface area contributed by atoms with Gasteiger partial charge in [0.25, 0.3) is 0 Å². The van der Waals surface area contributed by atoms with Crippen molar-refractivity contribution < 1.29 is 19.4 Å². The zero-order valence-corrected chi connectivity index (χ0v) is 8.62. The fourth-order valence-corrected chi connectivity index (χ4v) is 0.962. The SMILES string of the molecule is CC(C)(O)COc1cc(F)ccc1NO. The second kappa shape index (κ2) is 4.46. The smallest absolute Gasteiger partial charge is 0.147 e. The van der Waals surface area contributed by atoms with Crippen molar-refractivity contribution in [1.82, 2.24) is 0 Å². The minimum atomic E-state index is -1.01. The van der Waals surface area contributed by atoms with E-state index in [9.17, 15) is 9.50 Å². The van der Waals surface area contributed by atoms with Gasteiger partial charge in [-0.15, -0.1) is 0 Å². The molecule has 0 bridgehead atoms. The topological polar surface area (TPSA) is 61.7 Å². The van der Waals surface area contributed by atoms with E-state index in [1.807, 2.05) is 5.48 Å². The molecule has 84 valence electrons. The molecule has 0 unspecified atom stereocenters. The largest absolute Gasteiger partial charge is 0.488 e. The summed E-state index contributed by atoms with van der Waals surface area (Å²) < 4.78 is 18.0. The van der Waals surface area contributed by atoms with Gasteiger partial charge in [0.15, 0.2) is 0 Å². The van der Waals surface area contributed by atoms with E-state index >= 15 is 0 Å². The Balaban J connectivity index is 2.79. The van der Waals surface area contributed by atoms with Gasteiger partial charge in [-0.25, -0.2) is 4.39 Å². The Morgan fingerprint density at radius 3 is 2.67 bits per heavy atom. The van der Waals surface area contributed by atoms with Crippen LogP contribution in [0, 0.1) is 5.82 Å². The Hall–Kier alpha value is -1.33. The van der Waals surface area contributed by atoms with Crippen LogP contribution in [-0.2, 0) is 0 Å². The number of hydrogen-bond acceptors (Lipinski definition) is 4. The van der Waals surface area contributed by atoms with Gasteiger partial charge in [0.2, 0.25) is 0 Å². The fourth-order valence-electron chi connectivity index (χ4n) is 0.962. The van der Waals surface area contributed by atoms with Crippen LogP contribution in [0.15, 0.2) is 18.2 Å². The Kier molecular flexibility index (Phi) is 3.49. The zero-order valence-electron chi connectivity index (χ0n) is 8.62. The first-order chi connectivity index (χ1) is 6.92. The van der Waals surface area contributed by atoms with Crippen LogP contribution in [0.2, 0.25) is 0 Å². The standard InChI is InChI=1S/C10H14FNO3/c1-10(2,13)6-15-9-5-7(11)3-4-8(9)12-14/h3-5,12-14H,6H2,1-2H3. The molecule has 0 atom stereocenters. The van der Waals surface area contributed by atoms with Gasteiger partial charge >= 0.3 is 0 Å². The van der Waals surface area contributed by atoms with Gasteiger partial charge in [0.05, 0.1) is 5.60 Å². The average molecular weight is 215 g/mol. The quantitative estimate of drug-likeness (QED) is 0.670. The van der Waals surface area contributed by atoms with E-state index in [4.69, 9.17) is 9.94 Å². The predicted molar refractivity (Wildman–Crippen MR) is 53.6 cm³/mol. The molecule has 0 aromatic heterocycles. The summed E-state index contributed by atoms with van der Waals surface area (Å²) in [7, 11) is 0. The number of aliphatic hydroxyl groups is 1. The maximum absolute atomic E-state index is 12.9. The highest BCUT2D eigenvalue weighted by molar-refractivity contribution is 5.54. The van der Waals surface area contributed by atoms with Gasteiger partial charge in [-0.3, -0.25) is 10.7 Å². The van der Waals surface area contributed by atoms with Gasteiger partial charge in [-0.05, 0) is 26.0 Å². The molecule has 0 aliphatic carbocycles. The molecule has 1 rings (SSSR count). The molecular formula is C10H14FNO3. The van der Waals surface area contributed by atoms with Crippen molar-refractivity contribution in [3.05, 3.63) is 24.0 Å². The third-order valence-corrected chi connectivity index (χ3v) is 1.65. The van der Waals surface area contributed by atoms with Crippen molar-refractivity contribution in [2.75, 3.05) is 12.1 Å². The highest BCUT2D eigenvalue weighted by Gasteiger charge is 2.15. The molecular weight excluding hydrogens is 201 g/mol. The summed E-state index contributed by atoms with van der Waals surface area (Å²) in [6, 6.07) is 3.66. The Labute approximate surface area is 87.3 Å². The van der Waals surface area contributed by atoms with Crippen LogP contribution in [0.25, 0.3) is 0 Å². The minimum Gasteiger partial charge on any atom is -0.488 e. The molecule has 0 saturated heterocycles. The van der Waals surface area contributed by atoms with E-state index in [1.54, 1.807) is 13.8 Å². The maximum atomic E-state index is 12.9. The highest BCUT2D eigenvalue weighted by atomic mass is 19.1. The second-order valence-electron chi connectivity index (χ2n) is 3.85. The van der Waals surface area contributed by atoms with E-state index in [2.05, 4.69) is 0 Å². The van der Waals surface area contributed by atoms with Crippen LogP contribution in [-0.4, -0.2) is 22.5 Å². The lowest BCUT2D eigenvalue weighted by atomic mass is 10.2. The fraction of sp³-hybridized carbons (Fsp3) is 0.400. The van der Waals surface area contributed by atoms with Crippen LogP contribution in [0.3, 0.4) is 0 Å². The van der Waals surface area contributed by atoms with E-state index in [1.165, 1.54) is 12.1 Å². The molecule has 0 radical (unpaired) electrons. The average Bonchev–Trinajstić information content (AvgIpc) is 2.14. The maximum Gasteiger partial charge on any atom is 0.147 e. The number of benzene rings is 1. The Morgan fingerprint density at radius 1 is 1.47 bits per heavy atom. The summed E-state index contributed by atoms with van der Waals surface area (Å²) in [6.07, 6.45) is 0. The zero-order chi connectivity index (χ0) is 11.5. The van der Waals surface area contributed by atoms with Crippen LogP contribution in [0.5, 0.6) is 5.75 Å². The summed E-state index contributed by atoms with van der Waals surface area (Å²) in [4.78, 5) is 0. The first kappa shape index (κ1) is 11.7. The number of rotatable bonds is 4. The second-order valence-corrected chi connectivity index (χ2v) is 3.85. The van der Waals surface area contributed by atoms with Gasteiger partial charge in [-0.2, -0.15) is 0 Å². The molecule has 15 heavy (non-hydrogen) atoms. The van der Waals surface area contributed by atoms with Gasteiger partial charge in [0.1, 0.15) is 23.9 Å². The number of halogens is 1. The number of anilines is 1. The Bertz CT molecular complexity index is 336. The van der Waals surface area contributed by atoms with Crippen molar-refractivity contribution in [2.24, 2.45) is 0 Å². The Morgan fingerprint density at radius 2 is 2.13 bits per heavy atom. The molecule has 4 nitrogen and oxygen atoms in total.